The molecule has 0 saturated heterocycles. The molecule has 5 aromatic rings. The van der Waals surface area contributed by atoms with Crippen molar-refractivity contribution in [2.45, 2.75) is 23.5 Å². The van der Waals surface area contributed by atoms with Crippen molar-refractivity contribution in [3.05, 3.63) is 103 Å². The lowest BCUT2D eigenvalue weighted by Gasteiger charge is -2.16. The number of thioether (sulfide) groups is 1. The number of fused-ring (bicyclic) bond motifs is 3. The maximum atomic E-state index is 13.8. The van der Waals surface area contributed by atoms with Crippen molar-refractivity contribution in [1.29, 1.82) is 0 Å². The lowest BCUT2D eigenvalue weighted by molar-refractivity contribution is 0.0918. The van der Waals surface area contributed by atoms with Crippen LogP contribution in [0.2, 0.25) is 0 Å². The zero-order valence-electron chi connectivity index (χ0n) is 20.1. The fourth-order valence-corrected chi connectivity index (χ4v) is 5.36. The fraction of sp³-hybridized carbons (Fsp3) is 0.133. The van der Waals surface area contributed by atoms with Gasteiger partial charge in [-0.3, -0.25) is 14.2 Å². The van der Waals surface area contributed by atoms with Crippen LogP contribution in [0.4, 0.5) is 5.69 Å². The minimum absolute atomic E-state index is 0.0651. The van der Waals surface area contributed by atoms with Crippen LogP contribution < -0.4 is 10.1 Å². The zero-order chi connectivity index (χ0) is 25.1. The highest BCUT2D eigenvalue weighted by molar-refractivity contribution is 8.00. The highest BCUT2D eigenvalue weighted by Crippen LogP contribution is 2.33. The number of benzene rings is 4. The van der Waals surface area contributed by atoms with Crippen LogP contribution in [0.25, 0.3) is 21.8 Å². The van der Waals surface area contributed by atoms with Gasteiger partial charge in [0.25, 0.3) is 5.91 Å². The molecule has 1 amide bonds. The number of carbonyl (C=O) groups is 2. The van der Waals surface area contributed by atoms with Crippen molar-refractivity contribution in [1.82, 2.24) is 4.57 Å². The Labute approximate surface area is 214 Å². The van der Waals surface area contributed by atoms with Crippen molar-refractivity contribution < 1.29 is 14.3 Å². The number of methoxy groups -OCH3 is 1. The molecule has 4 aromatic carbocycles. The molecule has 0 aliphatic rings. The van der Waals surface area contributed by atoms with Crippen LogP contribution in [-0.4, -0.2) is 28.7 Å². The third-order valence-corrected chi connectivity index (χ3v) is 7.53. The smallest absolute Gasteiger partial charge is 0.255 e. The summed E-state index contributed by atoms with van der Waals surface area (Å²) in [7, 11) is 1.57. The molecule has 0 radical (unpaired) electrons. The van der Waals surface area contributed by atoms with Crippen LogP contribution in [0.5, 0.6) is 5.75 Å². The van der Waals surface area contributed by atoms with Gasteiger partial charge in [0.2, 0.25) is 5.91 Å². The molecular formula is C30H26N2O3S. The summed E-state index contributed by atoms with van der Waals surface area (Å²) in [5, 5.41) is 4.83. The summed E-state index contributed by atoms with van der Waals surface area (Å²) in [6, 6.07) is 30.7. The Kier molecular flexibility index (Phi) is 6.78. The number of amides is 1. The van der Waals surface area contributed by atoms with Crippen molar-refractivity contribution in [3.8, 4) is 5.75 Å². The molecule has 0 aliphatic carbocycles. The molecule has 0 bridgehead atoms. The second kappa shape index (κ2) is 10.3. The molecule has 0 fully saturated rings. The molecule has 1 atom stereocenters. The molecule has 0 aliphatic heterocycles. The van der Waals surface area contributed by atoms with Crippen LogP contribution in [0.3, 0.4) is 0 Å². The van der Waals surface area contributed by atoms with E-state index < -0.39 is 0 Å². The average Bonchev–Trinajstić information content (AvgIpc) is 3.26. The minimum atomic E-state index is -0.249. The molecule has 1 heterocycles. The minimum Gasteiger partial charge on any atom is -0.497 e. The summed E-state index contributed by atoms with van der Waals surface area (Å²) >= 11 is 1.54. The number of hydrogen-bond acceptors (Lipinski definition) is 4. The summed E-state index contributed by atoms with van der Waals surface area (Å²) in [5.41, 5.74) is 3.07. The summed E-state index contributed by atoms with van der Waals surface area (Å²) in [5.74, 6) is 0.491. The summed E-state index contributed by atoms with van der Waals surface area (Å²) in [6.45, 7) is 2.03. The third kappa shape index (κ3) is 4.60. The van der Waals surface area contributed by atoms with Gasteiger partial charge in [-0.25, -0.2) is 0 Å². The number of hydrogen-bond donors (Lipinski definition) is 1. The van der Waals surface area contributed by atoms with Crippen LogP contribution in [0, 0.1) is 0 Å². The van der Waals surface area contributed by atoms with E-state index in [1.165, 1.54) is 0 Å². The number of nitrogens with one attached hydrogen (secondary N) is 1. The van der Waals surface area contributed by atoms with E-state index in [1.54, 1.807) is 43.1 Å². The van der Waals surface area contributed by atoms with Gasteiger partial charge in [-0.1, -0.05) is 49.4 Å². The van der Waals surface area contributed by atoms with Crippen LogP contribution in [0.1, 0.15) is 28.5 Å². The standard InChI is InChI=1S/C30H26N2O3S/c1-3-28(30(34)32-26-13-6-4-11-24(26)25-12-5-7-14-27(25)32)36-23-17-15-21(16-18-23)31-29(33)20-9-8-10-22(19-20)35-2/h4-19,28H,3H2,1-2H3,(H,31,33). The SMILES string of the molecule is CCC(Sc1ccc(NC(=O)c2cccc(OC)c2)cc1)C(=O)n1c2ccccc2c2ccccc21. The first-order chi connectivity index (χ1) is 17.6. The van der Waals surface area contributed by atoms with E-state index in [0.29, 0.717) is 23.4 Å². The van der Waals surface area contributed by atoms with Crippen LogP contribution >= 0.6 is 11.8 Å². The normalized spacial score (nSPS) is 11.9. The molecule has 5 nitrogen and oxygen atoms in total. The first-order valence-electron chi connectivity index (χ1n) is 11.8. The second-order valence-electron chi connectivity index (χ2n) is 8.43. The maximum absolute atomic E-state index is 13.8. The first-order valence-corrected chi connectivity index (χ1v) is 12.7. The Morgan fingerprint density at radius 3 is 2.11 bits per heavy atom. The van der Waals surface area contributed by atoms with E-state index >= 15 is 0 Å². The Bertz CT molecular complexity index is 1500. The molecular weight excluding hydrogens is 468 g/mol. The predicted molar refractivity (Wildman–Crippen MR) is 147 cm³/mol. The number of rotatable bonds is 7. The molecule has 0 saturated carbocycles. The number of carbonyl (C=O) groups excluding carboxylic acids is 2. The van der Waals surface area contributed by atoms with E-state index in [-0.39, 0.29) is 17.1 Å². The zero-order valence-corrected chi connectivity index (χ0v) is 20.9. The van der Waals surface area contributed by atoms with Crippen LogP contribution in [-0.2, 0) is 0 Å². The van der Waals surface area contributed by atoms with Gasteiger partial charge in [0.05, 0.1) is 23.4 Å². The van der Waals surface area contributed by atoms with Gasteiger partial charge in [-0.2, -0.15) is 0 Å². The summed E-state index contributed by atoms with van der Waals surface area (Å²) in [4.78, 5) is 27.3. The largest absolute Gasteiger partial charge is 0.497 e. The van der Waals surface area contributed by atoms with Crippen LogP contribution in [0.15, 0.2) is 102 Å². The monoisotopic (exact) mass is 494 g/mol. The number of anilines is 1. The molecule has 1 unspecified atom stereocenters. The van der Waals surface area contributed by atoms with Gasteiger partial charge in [0.1, 0.15) is 5.75 Å². The van der Waals surface area contributed by atoms with Crippen molar-refractivity contribution in [2.75, 3.05) is 12.4 Å². The van der Waals surface area contributed by atoms with Gasteiger partial charge in [0, 0.05) is 26.9 Å². The summed E-state index contributed by atoms with van der Waals surface area (Å²) in [6.07, 6.45) is 0.693. The van der Waals surface area contributed by atoms with E-state index in [9.17, 15) is 9.59 Å². The Hall–Kier alpha value is -4.03. The third-order valence-electron chi connectivity index (χ3n) is 6.17. The molecule has 180 valence electrons. The lowest BCUT2D eigenvalue weighted by Crippen LogP contribution is -2.23. The number of para-hydroxylation sites is 2. The number of nitrogens with zero attached hydrogens (tertiary/aromatic N) is 1. The molecule has 1 aromatic heterocycles. The molecule has 36 heavy (non-hydrogen) atoms. The molecule has 1 N–H and O–H groups in total. The van der Waals surface area contributed by atoms with E-state index in [0.717, 1.165) is 26.7 Å². The Balaban J connectivity index is 1.35. The van der Waals surface area contributed by atoms with Gasteiger partial charge in [-0.15, -0.1) is 11.8 Å². The number of aromatic nitrogens is 1. The van der Waals surface area contributed by atoms with Gasteiger partial charge >= 0.3 is 0 Å². The fourth-order valence-electron chi connectivity index (χ4n) is 4.36. The molecule has 0 spiro atoms. The van der Waals surface area contributed by atoms with Crippen molar-refractivity contribution >= 4 is 51.1 Å². The van der Waals surface area contributed by atoms with Gasteiger partial charge in [-0.05, 0) is 61.0 Å². The van der Waals surface area contributed by atoms with E-state index in [4.69, 9.17) is 4.74 Å². The molecule has 6 heteroatoms. The average molecular weight is 495 g/mol. The number of ether oxygens (including phenoxy) is 1. The van der Waals surface area contributed by atoms with E-state index in [1.807, 2.05) is 72.2 Å². The predicted octanol–water partition coefficient (Wildman–Crippen LogP) is 7.27. The lowest BCUT2D eigenvalue weighted by atomic mass is 10.2. The first kappa shape index (κ1) is 23.7. The quantitative estimate of drug-likeness (QED) is 0.242. The Morgan fingerprint density at radius 2 is 1.50 bits per heavy atom. The van der Waals surface area contributed by atoms with Crippen molar-refractivity contribution in [3.63, 3.8) is 0 Å². The van der Waals surface area contributed by atoms with E-state index in [2.05, 4.69) is 17.4 Å². The Morgan fingerprint density at radius 1 is 0.861 bits per heavy atom. The maximum Gasteiger partial charge on any atom is 0.255 e. The van der Waals surface area contributed by atoms with Crippen molar-refractivity contribution in [2.24, 2.45) is 0 Å². The van der Waals surface area contributed by atoms with Gasteiger partial charge < -0.3 is 10.1 Å². The topological polar surface area (TPSA) is 60.3 Å². The highest BCUT2D eigenvalue weighted by Gasteiger charge is 2.23. The highest BCUT2D eigenvalue weighted by atomic mass is 32.2. The molecule has 5 rings (SSSR count). The van der Waals surface area contributed by atoms with Gasteiger partial charge in [0.15, 0.2) is 0 Å². The summed E-state index contributed by atoms with van der Waals surface area (Å²) < 4.78 is 7.06. The second-order valence-corrected chi connectivity index (χ2v) is 9.71.